The first-order valence-electron chi connectivity index (χ1n) is 6.71. The number of pyridine rings is 1. The van der Waals surface area contributed by atoms with Gasteiger partial charge in [0.15, 0.2) is 0 Å². The zero-order valence-electron chi connectivity index (χ0n) is 12.9. The molecule has 2 aromatic rings. The van der Waals surface area contributed by atoms with Gasteiger partial charge in [0.25, 0.3) is 5.69 Å². The van der Waals surface area contributed by atoms with Crippen LogP contribution in [0.4, 0.5) is 43.5 Å². The molecular weight excluding hydrogens is 426 g/mol. The van der Waals surface area contributed by atoms with Crippen molar-refractivity contribution in [3.05, 3.63) is 54.7 Å². The number of halogens is 7. The molecule has 15 heteroatoms. The van der Waals surface area contributed by atoms with Crippen LogP contribution in [0.1, 0.15) is 11.1 Å². The third-order valence-corrected chi connectivity index (χ3v) is 3.80. The monoisotopic (exact) mass is 430 g/mol. The van der Waals surface area contributed by atoms with Crippen LogP contribution in [0.5, 0.6) is 0 Å². The SMILES string of the molecule is Nc1ncc(C(F)(F)F)cc1-c1c([N+](=O)[O-])cc(C(F)(F)F)c(Cl)c1[N+](=O)[O-]. The lowest BCUT2D eigenvalue weighted by atomic mass is 9.98. The number of nitrogen functional groups attached to an aromatic ring is 1. The first-order valence-corrected chi connectivity index (χ1v) is 7.09. The minimum absolute atomic E-state index is 0.121. The smallest absolute Gasteiger partial charge is 0.383 e. The van der Waals surface area contributed by atoms with Gasteiger partial charge in [-0.25, -0.2) is 4.98 Å². The molecule has 0 bridgehead atoms. The van der Waals surface area contributed by atoms with Crippen LogP contribution in [0.15, 0.2) is 18.3 Å². The molecule has 1 aromatic carbocycles. The topological polar surface area (TPSA) is 125 Å². The van der Waals surface area contributed by atoms with Crippen LogP contribution in [0, 0.1) is 20.2 Å². The Morgan fingerprint density at radius 3 is 2.00 bits per heavy atom. The third-order valence-electron chi connectivity index (χ3n) is 3.42. The van der Waals surface area contributed by atoms with Gasteiger partial charge in [-0.2, -0.15) is 26.3 Å². The molecule has 0 saturated carbocycles. The molecule has 0 amide bonds. The summed E-state index contributed by atoms with van der Waals surface area (Å²) < 4.78 is 77.9. The van der Waals surface area contributed by atoms with Gasteiger partial charge >= 0.3 is 18.0 Å². The number of nitrogens with zero attached hydrogens (tertiary/aromatic N) is 3. The molecule has 0 aliphatic rings. The zero-order chi connectivity index (χ0) is 21.6. The van der Waals surface area contributed by atoms with E-state index >= 15 is 0 Å². The molecule has 2 N–H and O–H groups in total. The van der Waals surface area contributed by atoms with Crippen LogP contribution in [0.3, 0.4) is 0 Å². The largest absolute Gasteiger partial charge is 0.418 e. The fraction of sp³-hybridized carbons (Fsp3) is 0.154. The Hall–Kier alpha value is -3.16. The van der Waals surface area contributed by atoms with E-state index in [4.69, 9.17) is 17.3 Å². The molecule has 28 heavy (non-hydrogen) atoms. The van der Waals surface area contributed by atoms with Crippen LogP contribution >= 0.6 is 11.6 Å². The normalized spacial score (nSPS) is 12.1. The molecule has 0 spiro atoms. The summed E-state index contributed by atoms with van der Waals surface area (Å²) in [5.74, 6) is -0.824. The van der Waals surface area contributed by atoms with Crippen molar-refractivity contribution in [3.63, 3.8) is 0 Å². The van der Waals surface area contributed by atoms with Gasteiger partial charge in [-0.1, -0.05) is 11.6 Å². The van der Waals surface area contributed by atoms with Gasteiger partial charge in [-0.05, 0) is 6.07 Å². The van der Waals surface area contributed by atoms with E-state index in [1.807, 2.05) is 0 Å². The van der Waals surface area contributed by atoms with Gasteiger partial charge < -0.3 is 5.73 Å². The average Bonchev–Trinajstić information content (AvgIpc) is 2.51. The quantitative estimate of drug-likeness (QED) is 0.422. The Kier molecular flexibility index (Phi) is 5.12. The van der Waals surface area contributed by atoms with Crippen LogP contribution in [0.25, 0.3) is 11.1 Å². The van der Waals surface area contributed by atoms with Crippen LogP contribution in [0.2, 0.25) is 5.02 Å². The number of aromatic nitrogens is 1. The van der Waals surface area contributed by atoms with Crippen molar-refractivity contribution in [1.82, 2.24) is 4.98 Å². The number of anilines is 1. The standard InChI is InChI=1S/C13H5ClF6N4O4/c14-9-6(13(18,19)20)2-7(23(25)26)8(10(9)24(27)28)5-1-4(12(15,16)17)3-22-11(5)21/h1-3H,(H2,21,22). The first kappa shape index (κ1) is 21.1. The fourth-order valence-corrected chi connectivity index (χ4v) is 2.57. The minimum Gasteiger partial charge on any atom is -0.383 e. The van der Waals surface area contributed by atoms with Crippen molar-refractivity contribution in [3.8, 4) is 11.1 Å². The summed E-state index contributed by atoms with van der Waals surface area (Å²) >= 11 is 5.43. The van der Waals surface area contributed by atoms with Crippen molar-refractivity contribution in [2.75, 3.05) is 5.73 Å². The molecular formula is C13H5ClF6N4O4. The molecule has 0 fully saturated rings. The van der Waals surface area contributed by atoms with Gasteiger partial charge in [0.1, 0.15) is 16.4 Å². The molecule has 0 radical (unpaired) electrons. The molecule has 0 atom stereocenters. The average molecular weight is 431 g/mol. The molecule has 0 unspecified atom stereocenters. The Morgan fingerprint density at radius 1 is 1.00 bits per heavy atom. The number of hydrogen-bond acceptors (Lipinski definition) is 6. The lowest BCUT2D eigenvalue weighted by Gasteiger charge is -2.14. The Bertz CT molecular complexity index is 992. The first-order chi connectivity index (χ1) is 12.7. The number of rotatable bonds is 3. The summed E-state index contributed by atoms with van der Waals surface area (Å²) in [6, 6.07) is 0.0750. The van der Waals surface area contributed by atoms with E-state index in [0.29, 0.717) is 0 Å². The summed E-state index contributed by atoms with van der Waals surface area (Å²) in [5.41, 5.74) is -3.36. The molecule has 2 rings (SSSR count). The van der Waals surface area contributed by atoms with Crippen molar-refractivity contribution in [2.45, 2.75) is 12.4 Å². The summed E-state index contributed by atoms with van der Waals surface area (Å²) in [6.45, 7) is 0. The van der Waals surface area contributed by atoms with Gasteiger partial charge in [0.2, 0.25) is 0 Å². The second-order valence-corrected chi connectivity index (χ2v) is 5.53. The third kappa shape index (κ3) is 3.76. The lowest BCUT2D eigenvalue weighted by molar-refractivity contribution is -0.393. The maximum Gasteiger partial charge on any atom is 0.418 e. The Balaban J connectivity index is 3.05. The summed E-state index contributed by atoms with van der Waals surface area (Å²) in [7, 11) is 0. The number of hydrogen-bond donors (Lipinski definition) is 1. The highest BCUT2D eigenvalue weighted by molar-refractivity contribution is 6.34. The molecule has 150 valence electrons. The van der Waals surface area contributed by atoms with Gasteiger partial charge in [0.05, 0.1) is 21.0 Å². The van der Waals surface area contributed by atoms with E-state index < -0.39 is 66.7 Å². The van der Waals surface area contributed by atoms with E-state index in [-0.39, 0.29) is 18.3 Å². The van der Waals surface area contributed by atoms with Crippen molar-refractivity contribution >= 4 is 28.8 Å². The Morgan fingerprint density at radius 2 is 1.57 bits per heavy atom. The van der Waals surface area contributed by atoms with Crippen molar-refractivity contribution < 1.29 is 36.2 Å². The highest BCUT2D eigenvalue weighted by Gasteiger charge is 2.43. The maximum absolute atomic E-state index is 13.1. The van der Waals surface area contributed by atoms with E-state index in [9.17, 15) is 46.6 Å². The maximum atomic E-state index is 13.1. The molecule has 0 saturated heterocycles. The molecule has 8 nitrogen and oxygen atoms in total. The summed E-state index contributed by atoms with van der Waals surface area (Å²) in [6.07, 6.45) is -10.1. The summed E-state index contributed by atoms with van der Waals surface area (Å²) in [4.78, 5) is 22.8. The predicted molar refractivity (Wildman–Crippen MR) is 82.4 cm³/mol. The molecule has 1 aromatic heterocycles. The highest BCUT2D eigenvalue weighted by atomic mass is 35.5. The zero-order valence-corrected chi connectivity index (χ0v) is 13.7. The Labute approximate surface area is 154 Å². The minimum atomic E-state index is -5.32. The van der Waals surface area contributed by atoms with Gasteiger partial charge in [-0.15, -0.1) is 0 Å². The van der Waals surface area contributed by atoms with Crippen LogP contribution in [-0.2, 0) is 12.4 Å². The number of alkyl halides is 6. The second kappa shape index (κ2) is 6.78. The van der Waals surface area contributed by atoms with Gasteiger partial charge in [-0.3, -0.25) is 20.2 Å². The predicted octanol–water partition coefficient (Wildman–Crippen LogP) is 4.84. The fourth-order valence-electron chi connectivity index (χ4n) is 2.25. The molecule has 0 aliphatic carbocycles. The number of benzene rings is 1. The van der Waals surface area contributed by atoms with Crippen LogP contribution in [-0.4, -0.2) is 14.8 Å². The van der Waals surface area contributed by atoms with E-state index in [0.717, 1.165) is 0 Å². The van der Waals surface area contributed by atoms with E-state index in [2.05, 4.69) is 4.98 Å². The molecule has 0 aliphatic heterocycles. The van der Waals surface area contributed by atoms with E-state index in [1.165, 1.54) is 0 Å². The van der Waals surface area contributed by atoms with Crippen LogP contribution < -0.4 is 5.73 Å². The van der Waals surface area contributed by atoms with Crippen molar-refractivity contribution in [2.24, 2.45) is 0 Å². The number of nitro benzene ring substituents is 2. The second-order valence-electron chi connectivity index (χ2n) is 5.15. The number of nitrogens with two attached hydrogens (primary N) is 1. The van der Waals surface area contributed by atoms with Gasteiger partial charge in [0, 0.05) is 17.8 Å². The summed E-state index contributed by atoms with van der Waals surface area (Å²) in [5, 5.41) is 21.0. The van der Waals surface area contributed by atoms with E-state index in [1.54, 1.807) is 0 Å². The van der Waals surface area contributed by atoms with Crippen molar-refractivity contribution in [1.29, 1.82) is 0 Å². The highest BCUT2D eigenvalue weighted by Crippen LogP contribution is 2.50. The molecule has 1 heterocycles. The lowest BCUT2D eigenvalue weighted by Crippen LogP contribution is -2.11. The number of nitro groups is 2.